The molecular formula is C58H99O11P. The molecule has 12 heteroatoms. The number of aliphatic hydroxyl groups excluding tert-OH is 1. The third kappa shape index (κ3) is 49.6. The van der Waals surface area contributed by atoms with E-state index < -0.39 is 57.8 Å². The average molecular weight is 1000 g/mol. The number of carbonyl (C=O) groups is 3. The topological polar surface area (TPSA) is 155 Å². The van der Waals surface area contributed by atoms with Crippen LogP contribution in [0.2, 0.25) is 0 Å². The van der Waals surface area contributed by atoms with E-state index in [1.54, 1.807) is 0 Å². The SMILES string of the molecule is CC/C=C\C/C=C\C/C=C\C/C=C\CCC(=O)OC(COC(=O)CCCCCCCC/C=C\C/C=C\C/C=C\CCCCC)COP(=O)(O)OCC(CO)OC(=O)CCCCCCCCCCCCC. The van der Waals surface area contributed by atoms with Gasteiger partial charge in [-0.15, -0.1) is 0 Å². The number of ether oxygens (including phenoxy) is 3. The van der Waals surface area contributed by atoms with Gasteiger partial charge in [-0.2, -0.15) is 0 Å². The summed E-state index contributed by atoms with van der Waals surface area (Å²) in [5, 5.41) is 9.77. The van der Waals surface area contributed by atoms with Crippen molar-refractivity contribution in [3.8, 4) is 0 Å². The van der Waals surface area contributed by atoms with Gasteiger partial charge in [0, 0.05) is 19.3 Å². The van der Waals surface area contributed by atoms with E-state index in [1.165, 1.54) is 70.6 Å². The molecule has 0 aromatic carbocycles. The minimum Gasteiger partial charge on any atom is -0.462 e. The Hall–Kier alpha value is -3.34. The molecular weight excluding hydrogens is 904 g/mol. The normalized spacial score (nSPS) is 14.1. The van der Waals surface area contributed by atoms with Crippen LogP contribution >= 0.6 is 7.82 Å². The van der Waals surface area contributed by atoms with Crippen molar-refractivity contribution in [2.45, 2.75) is 238 Å². The first-order valence-corrected chi connectivity index (χ1v) is 29.0. The Morgan fingerprint density at radius 3 is 1.26 bits per heavy atom. The monoisotopic (exact) mass is 1000 g/mol. The number of phosphoric ester groups is 1. The lowest BCUT2D eigenvalue weighted by molar-refractivity contribution is -0.161. The third-order valence-electron chi connectivity index (χ3n) is 11.3. The van der Waals surface area contributed by atoms with Crippen LogP contribution in [0.25, 0.3) is 0 Å². The number of carbonyl (C=O) groups excluding carboxylic acids is 3. The van der Waals surface area contributed by atoms with Gasteiger partial charge in [-0.1, -0.05) is 209 Å². The smallest absolute Gasteiger partial charge is 0.462 e. The standard InChI is InChI=1S/C58H99O11P/c1-4-7-10-13-16-19-22-24-25-26-27-28-29-31-33-35-38-41-44-47-56(60)65-51-55(69-58(62)49-46-43-40-37-34-30-23-20-17-14-11-8-5-2)53-67-70(63,64)66-52-54(50-59)68-57(61)48-45-42-39-36-32-21-18-15-12-9-6-3/h8,11,16-17,19-20,24-25,27-28,30,34,40,43,54-55,59H,4-7,9-10,12-15,18,21-23,26,29,31-33,35-39,41-42,44-53H2,1-3H3,(H,63,64)/b11-8-,19-16-,20-17-,25-24-,28-27-,34-30-,43-40-. The minimum absolute atomic E-state index is 0.0414. The van der Waals surface area contributed by atoms with Gasteiger partial charge in [0.2, 0.25) is 0 Å². The molecule has 11 nitrogen and oxygen atoms in total. The van der Waals surface area contributed by atoms with Crippen LogP contribution in [0.15, 0.2) is 85.1 Å². The number of phosphoric acid groups is 1. The number of hydrogen-bond donors (Lipinski definition) is 2. The van der Waals surface area contributed by atoms with Crippen molar-refractivity contribution in [2.24, 2.45) is 0 Å². The molecule has 70 heavy (non-hydrogen) atoms. The lowest BCUT2D eigenvalue weighted by Gasteiger charge is -2.21. The highest BCUT2D eigenvalue weighted by Gasteiger charge is 2.28. The lowest BCUT2D eigenvalue weighted by atomic mass is 10.1. The third-order valence-corrected chi connectivity index (χ3v) is 12.3. The van der Waals surface area contributed by atoms with Crippen molar-refractivity contribution in [1.82, 2.24) is 0 Å². The second-order valence-electron chi connectivity index (χ2n) is 18.0. The van der Waals surface area contributed by atoms with Gasteiger partial charge in [-0.05, 0) is 83.5 Å². The van der Waals surface area contributed by atoms with Crippen LogP contribution < -0.4 is 0 Å². The molecule has 0 spiro atoms. The van der Waals surface area contributed by atoms with Crippen molar-refractivity contribution in [2.75, 3.05) is 26.4 Å². The fraction of sp³-hybridized carbons (Fsp3) is 0.707. The molecule has 0 aliphatic heterocycles. The van der Waals surface area contributed by atoms with Gasteiger partial charge in [0.15, 0.2) is 6.10 Å². The van der Waals surface area contributed by atoms with Crippen molar-refractivity contribution in [3.63, 3.8) is 0 Å². The van der Waals surface area contributed by atoms with Crippen LogP contribution in [0, 0.1) is 0 Å². The Morgan fingerprint density at radius 1 is 0.414 bits per heavy atom. The molecule has 0 aliphatic carbocycles. The molecule has 0 saturated heterocycles. The van der Waals surface area contributed by atoms with Crippen molar-refractivity contribution in [3.05, 3.63) is 85.1 Å². The number of aliphatic hydroxyl groups is 1. The number of allylic oxidation sites excluding steroid dienone is 14. The Bertz CT molecular complexity index is 1500. The van der Waals surface area contributed by atoms with Gasteiger partial charge in [0.25, 0.3) is 0 Å². The second kappa shape index (κ2) is 52.0. The van der Waals surface area contributed by atoms with Crippen LogP contribution in [0.3, 0.4) is 0 Å². The summed E-state index contributed by atoms with van der Waals surface area (Å²) >= 11 is 0. The summed E-state index contributed by atoms with van der Waals surface area (Å²) in [7, 11) is -4.76. The van der Waals surface area contributed by atoms with Gasteiger partial charge in [-0.25, -0.2) is 4.57 Å². The molecule has 0 bridgehead atoms. The fourth-order valence-electron chi connectivity index (χ4n) is 7.14. The molecule has 0 aliphatic rings. The summed E-state index contributed by atoms with van der Waals surface area (Å²) < 4.78 is 39.3. The van der Waals surface area contributed by atoms with E-state index in [1.807, 2.05) is 12.2 Å². The molecule has 0 amide bonds. The highest BCUT2D eigenvalue weighted by Crippen LogP contribution is 2.43. The predicted octanol–water partition coefficient (Wildman–Crippen LogP) is 15.9. The minimum atomic E-state index is -4.76. The van der Waals surface area contributed by atoms with Crippen LogP contribution in [0.4, 0.5) is 0 Å². The van der Waals surface area contributed by atoms with Gasteiger partial charge in [0.1, 0.15) is 12.7 Å². The van der Waals surface area contributed by atoms with Gasteiger partial charge in [0.05, 0.1) is 19.8 Å². The number of rotatable bonds is 50. The zero-order valence-corrected chi connectivity index (χ0v) is 45.1. The van der Waals surface area contributed by atoms with Gasteiger partial charge < -0.3 is 24.2 Å². The van der Waals surface area contributed by atoms with Crippen LogP contribution in [-0.4, -0.2) is 66.5 Å². The second-order valence-corrected chi connectivity index (χ2v) is 19.5. The Labute approximate surface area is 426 Å². The molecule has 3 unspecified atom stereocenters. The van der Waals surface area contributed by atoms with Crippen molar-refractivity contribution < 1.29 is 52.2 Å². The summed E-state index contributed by atoms with van der Waals surface area (Å²) in [5.74, 6) is -1.58. The largest absolute Gasteiger partial charge is 0.472 e. The maximum atomic E-state index is 12.9. The Balaban J connectivity index is 4.80. The maximum absolute atomic E-state index is 12.9. The number of esters is 3. The zero-order valence-electron chi connectivity index (χ0n) is 44.2. The molecule has 0 fully saturated rings. The van der Waals surface area contributed by atoms with E-state index in [0.717, 1.165) is 96.3 Å². The van der Waals surface area contributed by atoms with E-state index >= 15 is 0 Å². The summed E-state index contributed by atoms with van der Waals surface area (Å²) in [5.41, 5.74) is 0. The first kappa shape index (κ1) is 66.7. The Kier molecular flexibility index (Phi) is 49.5. The molecule has 0 radical (unpaired) electrons. The summed E-state index contributed by atoms with van der Waals surface area (Å²) in [6.45, 7) is 4.38. The van der Waals surface area contributed by atoms with Crippen LogP contribution in [-0.2, 0) is 42.2 Å². The first-order chi connectivity index (χ1) is 34.2. The maximum Gasteiger partial charge on any atom is 0.472 e. The summed E-state index contributed by atoms with van der Waals surface area (Å²) in [6, 6.07) is 0. The molecule has 2 N–H and O–H groups in total. The fourth-order valence-corrected chi connectivity index (χ4v) is 7.92. The van der Waals surface area contributed by atoms with Crippen LogP contribution in [0.5, 0.6) is 0 Å². The van der Waals surface area contributed by atoms with E-state index in [4.69, 9.17) is 23.3 Å². The van der Waals surface area contributed by atoms with Gasteiger partial charge in [-0.3, -0.25) is 23.4 Å². The lowest BCUT2D eigenvalue weighted by Crippen LogP contribution is -2.30. The van der Waals surface area contributed by atoms with Crippen molar-refractivity contribution >= 4 is 25.7 Å². The highest BCUT2D eigenvalue weighted by molar-refractivity contribution is 7.47. The van der Waals surface area contributed by atoms with E-state index in [9.17, 15) is 28.9 Å². The predicted molar refractivity (Wildman–Crippen MR) is 288 cm³/mol. The quantitative estimate of drug-likeness (QED) is 0.0197. The van der Waals surface area contributed by atoms with E-state index in [0.29, 0.717) is 19.3 Å². The molecule has 402 valence electrons. The first-order valence-electron chi connectivity index (χ1n) is 27.5. The molecule has 0 heterocycles. The number of unbranched alkanes of at least 4 members (excludes halogenated alkanes) is 19. The van der Waals surface area contributed by atoms with Crippen LogP contribution in [0.1, 0.15) is 226 Å². The Morgan fingerprint density at radius 2 is 0.771 bits per heavy atom. The summed E-state index contributed by atoms with van der Waals surface area (Å²) in [4.78, 5) is 48.3. The molecule has 0 saturated carbocycles. The highest BCUT2D eigenvalue weighted by atomic mass is 31.2. The zero-order chi connectivity index (χ0) is 51.3. The molecule has 0 rings (SSSR count). The van der Waals surface area contributed by atoms with Crippen molar-refractivity contribution in [1.29, 1.82) is 0 Å². The number of hydrogen-bond acceptors (Lipinski definition) is 10. The van der Waals surface area contributed by atoms with E-state index in [-0.39, 0.29) is 25.9 Å². The van der Waals surface area contributed by atoms with Gasteiger partial charge >= 0.3 is 25.7 Å². The molecule has 0 aromatic rings. The molecule has 3 atom stereocenters. The average Bonchev–Trinajstić information content (AvgIpc) is 3.35. The molecule has 0 aromatic heterocycles. The van der Waals surface area contributed by atoms with E-state index in [2.05, 4.69) is 93.7 Å². The summed E-state index contributed by atoms with van der Waals surface area (Å²) in [6.07, 6.45) is 58.5.